The molecule has 0 heterocycles. The van der Waals surface area contributed by atoms with Gasteiger partial charge in [-0.2, -0.15) is 0 Å². The SMILES string of the molecule is COc1cc(C(=O)C([C]=O)CC(O)C(C)O)ccc1O. The van der Waals surface area contributed by atoms with Crippen LogP contribution in [0.1, 0.15) is 23.7 Å². The summed E-state index contributed by atoms with van der Waals surface area (Å²) in [5.41, 5.74) is 0.158. The van der Waals surface area contributed by atoms with Crippen LogP contribution in [0.2, 0.25) is 0 Å². The fourth-order valence-electron chi connectivity index (χ4n) is 1.68. The Hall–Kier alpha value is -1.92. The molecule has 0 aromatic heterocycles. The maximum atomic E-state index is 12.1. The molecule has 0 saturated heterocycles. The van der Waals surface area contributed by atoms with Gasteiger partial charge in [-0.15, -0.1) is 0 Å². The Morgan fingerprint density at radius 1 is 1.40 bits per heavy atom. The summed E-state index contributed by atoms with van der Waals surface area (Å²) >= 11 is 0. The molecule has 3 atom stereocenters. The number of methoxy groups -OCH3 is 1. The van der Waals surface area contributed by atoms with E-state index in [1.54, 1.807) is 6.29 Å². The molecule has 0 aliphatic carbocycles. The minimum absolute atomic E-state index is 0.108. The van der Waals surface area contributed by atoms with Crippen LogP contribution >= 0.6 is 0 Å². The minimum Gasteiger partial charge on any atom is -0.504 e. The van der Waals surface area contributed by atoms with Crippen molar-refractivity contribution >= 4 is 12.1 Å². The van der Waals surface area contributed by atoms with Gasteiger partial charge in [-0.25, -0.2) is 0 Å². The van der Waals surface area contributed by atoms with Crippen LogP contribution in [0.15, 0.2) is 18.2 Å². The van der Waals surface area contributed by atoms with Crippen molar-refractivity contribution in [1.82, 2.24) is 0 Å². The van der Waals surface area contributed by atoms with E-state index >= 15 is 0 Å². The Labute approximate surface area is 116 Å². The van der Waals surface area contributed by atoms with Crippen LogP contribution in [0.5, 0.6) is 11.5 Å². The molecule has 1 aromatic carbocycles. The van der Waals surface area contributed by atoms with Gasteiger partial charge in [0, 0.05) is 5.56 Å². The molecule has 0 saturated carbocycles. The van der Waals surface area contributed by atoms with Crippen molar-refractivity contribution in [2.75, 3.05) is 7.11 Å². The first-order chi connectivity index (χ1) is 9.40. The second kappa shape index (κ2) is 7.02. The van der Waals surface area contributed by atoms with E-state index in [0.717, 1.165) is 0 Å². The molecule has 20 heavy (non-hydrogen) atoms. The first-order valence-electron chi connectivity index (χ1n) is 6.05. The lowest BCUT2D eigenvalue weighted by Crippen LogP contribution is -2.29. The van der Waals surface area contributed by atoms with Crippen LogP contribution in [0.3, 0.4) is 0 Å². The first kappa shape index (κ1) is 16.1. The molecule has 6 heteroatoms. The molecule has 0 fully saturated rings. The Morgan fingerprint density at radius 2 is 2.05 bits per heavy atom. The van der Waals surface area contributed by atoms with Gasteiger partial charge in [-0.3, -0.25) is 9.59 Å². The highest BCUT2D eigenvalue weighted by Gasteiger charge is 2.26. The van der Waals surface area contributed by atoms with E-state index < -0.39 is 23.9 Å². The topological polar surface area (TPSA) is 104 Å². The van der Waals surface area contributed by atoms with Crippen molar-refractivity contribution in [1.29, 1.82) is 0 Å². The van der Waals surface area contributed by atoms with Crippen LogP contribution in [0.4, 0.5) is 0 Å². The quantitative estimate of drug-likeness (QED) is 0.495. The molecule has 1 rings (SSSR count). The largest absolute Gasteiger partial charge is 0.504 e. The van der Waals surface area contributed by atoms with Crippen LogP contribution < -0.4 is 4.74 Å². The lowest BCUT2D eigenvalue weighted by atomic mass is 9.92. The van der Waals surface area contributed by atoms with E-state index in [-0.39, 0.29) is 23.5 Å². The molecular weight excluding hydrogens is 264 g/mol. The van der Waals surface area contributed by atoms with Crippen molar-refractivity contribution in [3.8, 4) is 11.5 Å². The predicted molar refractivity (Wildman–Crippen MR) is 70.5 cm³/mol. The Morgan fingerprint density at radius 3 is 2.55 bits per heavy atom. The molecule has 0 bridgehead atoms. The number of hydrogen-bond acceptors (Lipinski definition) is 6. The number of rotatable bonds is 7. The third kappa shape index (κ3) is 3.79. The lowest BCUT2D eigenvalue weighted by molar-refractivity contribution is 0.0209. The van der Waals surface area contributed by atoms with E-state index in [1.165, 1.54) is 32.2 Å². The zero-order valence-corrected chi connectivity index (χ0v) is 11.2. The first-order valence-corrected chi connectivity index (χ1v) is 6.05. The maximum Gasteiger partial charge on any atom is 0.210 e. The van der Waals surface area contributed by atoms with E-state index in [2.05, 4.69) is 0 Å². The zero-order valence-electron chi connectivity index (χ0n) is 11.2. The second-order valence-corrected chi connectivity index (χ2v) is 4.46. The van der Waals surface area contributed by atoms with Crippen LogP contribution in [0.25, 0.3) is 0 Å². The smallest absolute Gasteiger partial charge is 0.210 e. The molecule has 0 aliphatic heterocycles. The molecule has 1 radical (unpaired) electrons. The summed E-state index contributed by atoms with van der Waals surface area (Å²) in [7, 11) is 1.34. The van der Waals surface area contributed by atoms with Gasteiger partial charge in [0.05, 0.1) is 25.2 Å². The Bertz CT molecular complexity index is 483. The van der Waals surface area contributed by atoms with Crippen molar-refractivity contribution in [3.63, 3.8) is 0 Å². The third-order valence-electron chi connectivity index (χ3n) is 2.96. The van der Waals surface area contributed by atoms with Gasteiger partial charge in [0.1, 0.15) is 0 Å². The average molecular weight is 281 g/mol. The molecule has 3 N–H and O–H groups in total. The second-order valence-electron chi connectivity index (χ2n) is 4.46. The monoisotopic (exact) mass is 281 g/mol. The van der Waals surface area contributed by atoms with Crippen molar-refractivity contribution in [2.24, 2.45) is 5.92 Å². The van der Waals surface area contributed by atoms with Gasteiger partial charge in [0.25, 0.3) is 0 Å². The summed E-state index contributed by atoms with van der Waals surface area (Å²) in [5, 5.41) is 28.2. The number of phenols is 1. The van der Waals surface area contributed by atoms with Crippen molar-refractivity contribution < 1.29 is 29.6 Å². The summed E-state index contributed by atoms with van der Waals surface area (Å²) < 4.78 is 4.88. The summed E-state index contributed by atoms with van der Waals surface area (Å²) in [4.78, 5) is 23.0. The summed E-state index contributed by atoms with van der Waals surface area (Å²) in [5.74, 6) is -1.76. The fraction of sp³-hybridized carbons (Fsp3) is 0.429. The number of carbonyl (C=O) groups is 1. The number of aliphatic hydroxyl groups is 2. The number of aliphatic hydroxyl groups excluding tert-OH is 2. The minimum atomic E-state index is -1.19. The number of ketones is 1. The number of phenolic OH excluding ortho intramolecular Hbond substituents is 1. The maximum absolute atomic E-state index is 12.1. The molecule has 0 aliphatic rings. The number of hydrogen-bond donors (Lipinski definition) is 3. The highest BCUT2D eigenvalue weighted by Crippen LogP contribution is 2.27. The molecule has 1 aromatic rings. The highest BCUT2D eigenvalue weighted by molar-refractivity contribution is 6.05. The van der Waals surface area contributed by atoms with Crippen molar-refractivity contribution in [2.45, 2.75) is 25.6 Å². The summed E-state index contributed by atoms with van der Waals surface area (Å²) in [6.07, 6.45) is -0.893. The van der Waals surface area contributed by atoms with Gasteiger partial charge in [-0.05, 0) is 31.5 Å². The normalized spacial score (nSPS) is 15.2. The van der Waals surface area contributed by atoms with E-state index in [4.69, 9.17) is 4.74 Å². The number of ether oxygens (including phenoxy) is 1. The average Bonchev–Trinajstić information content (AvgIpc) is 2.44. The van der Waals surface area contributed by atoms with Gasteiger partial charge in [-0.1, -0.05) is 0 Å². The van der Waals surface area contributed by atoms with Crippen molar-refractivity contribution in [3.05, 3.63) is 23.8 Å². The van der Waals surface area contributed by atoms with Gasteiger partial charge >= 0.3 is 0 Å². The fourth-order valence-corrected chi connectivity index (χ4v) is 1.68. The standard InChI is InChI=1S/C14H17O6/c1-8(16)12(18)5-10(7-15)14(19)9-3-4-11(17)13(6-9)20-2/h3-4,6,8,10,12,16-18H,5H2,1-2H3. The van der Waals surface area contributed by atoms with Gasteiger partial charge in [0.15, 0.2) is 17.3 Å². The molecule has 0 amide bonds. The Kier molecular flexibility index (Phi) is 5.66. The summed E-state index contributed by atoms with van der Waals surface area (Å²) in [6, 6.07) is 3.93. The third-order valence-corrected chi connectivity index (χ3v) is 2.96. The number of benzene rings is 1. The number of Topliss-reactive ketones (excluding diaryl/α,β-unsaturated/α-hetero) is 1. The number of aromatic hydroxyl groups is 1. The van der Waals surface area contributed by atoms with E-state index in [1.807, 2.05) is 0 Å². The predicted octanol–water partition coefficient (Wildman–Crippen LogP) is 0.441. The lowest BCUT2D eigenvalue weighted by Gasteiger charge is -2.16. The molecule has 3 unspecified atom stereocenters. The highest BCUT2D eigenvalue weighted by atomic mass is 16.5. The van der Waals surface area contributed by atoms with Gasteiger partial charge in [0.2, 0.25) is 6.29 Å². The van der Waals surface area contributed by atoms with E-state index in [0.29, 0.717) is 0 Å². The number of carbonyl (C=O) groups excluding carboxylic acids is 2. The van der Waals surface area contributed by atoms with Crippen LogP contribution in [-0.2, 0) is 4.79 Å². The molecular formula is C14H17O6. The molecule has 109 valence electrons. The Balaban J connectivity index is 2.94. The van der Waals surface area contributed by atoms with Crippen LogP contribution in [-0.4, -0.2) is 46.7 Å². The zero-order chi connectivity index (χ0) is 15.3. The van der Waals surface area contributed by atoms with Gasteiger partial charge < -0.3 is 20.1 Å². The van der Waals surface area contributed by atoms with E-state index in [9.17, 15) is 24.9 Å². The molecule has 0 spiro atoms. The van der Waals surface area contributed by atoms with Crippen LogP contribution in [0, 0.1) is 5.92 Å². The molecule has 6 nitrogen and oxygen atoms in total. The summed E-state index contributed by atoms with van der Waals surface area (Å²) in [6.45, 7) is 1.36.